The van der Waals surface area contributed by atoms with Gasteiger partial charge in [-0.15, -0.1) is 0 Å². The van der Waals surface area contributed by atoms with Crippen LogP contribution in [0.1, 0.15) is 41.3 Å². The number of benzene rings is 2. The van der Waals surface area contributed by atoms with E-state index in [9.17, 15) is 14.4 Å². The lowest BCUT2D eigenvalue weighted by molar-refractivity contribution is -0.143. The van der Waals surface area contributed by atoms with Gasteiger partial charge in [-0.1, -0.05) is 42.5 Å². The normalized spacial score (nSPS) is 13.8. The SMILES string of the molecule is CCOC(=O)CCC1=C(c2c[nH]c3ccccc23)c2ccccc2C(=O)C1=O. The van der Waals surface area contributed by atoms with Gasteiger partial charge in [0.1, 0.15) is 0 Å². The predicted molar refractivity (Wildman–Crippen MR) is 106 cm³/mol. The third-order valence-electron chi connectivity index (χ3n) is 4.97. The number of esters is 1. The number of carbonyl (C=O) groups is 3. The van der Waals surface area contributed by atoms with Gasteiger partial charge in [0.15, 0.2) is 0 Å². The van der Waals surface area contributed by atoms with Gasteiger partial charge in [0.2, 0.25) is 11.6 Å². The van der Waals surface area contributed by atoms with Gasteiger partial charge in [0, 0.05) is 40.2 Å². The number of fused-ring (bicyclic) bond motifs is 2. The van der Waals surface area contributed by atoms with Gasteiger partial charge in [-0.25, -0.2) is 0 Å². The number of rotatable bonds is 5. The average molecular weight is 373 g/mol. The number of ketones is 2. The Balaban J connectivity index is 1.92. The molecule has 28 heavy (non-hydrogen) atoms. The van der Waals surface area contributed by atoms with E-state index in [2.05, 4.69) is 4.98 Å². The van der Waals surface area contributed by atoms with Gasteiger partial charge in [0.05, 0.1) is 6.61 Å². The molecule has 1 aliphatic rings. The quantitative estimate of drug-likeness (QED) is 0.540. The van der Waals surface area contributed by atoms with Gasteiger partial charge in [-0.2, -0.15) is 0 Å². The van der Waals surface area contributed by atoms with Crippen LogP contribution in [-0.2, 0) is 14.3 Å². The largest absolute Gasteiger partial charge is 0.466 e. The Morgan fingerprint density at radius 1 is 0.929 bits per heavy atom. The molecule has 0 radical (unpaired) electrons. The number of Topliss-reactive ketones (excluding diaryl/α,β-unsaturated/α-hetero) is 2. The molecule has 0 spiro atoms. The lowest BCUT2D eigenvalue weighted by atomic mass is 9.79. The van der Waals surface area contributed by atoms with Crippen molar-refractivity contribution < 1.29 is 19.1 Å². The van der Waals surface area contributed by atoms with Gasteiger partial charge < -0.3 is 9.72 Å². The summed E-state index contributed by atoms with van der Waals surface area (Å²) >= 11 is 0. The summed E-state index contributed by atoms with van der Waals surface area (Å²) < 4.78 is 5.00. The highest BCUT2D eigenvalue weighted by Crippen LogP contribution is 2.39. The van der Waals surface area contributed by atoms with Crippen molar-refractivity contribution in [3.8, 4) is 0 Å². The molecule has 1 aromatic heterocycles. The summed E-state index contributed by atoms with van der Waals surface area (Å²) in [6, 6.07) is 14.9. The first-order chi connectivity index (χ1) is 13.6. The van der Waals surface area contributed by atoms with Crippen LogP contribution in [0.25, 0.3) is 16.5 Å². The molecule has 0 saturated carbocycles. The summed E-state index contributed by atoms with van der Waals surface area (Å²) in [5.41, 5.74) is 3.98. The minimum atomic E-state index is -0.553. The first-order valence-electron chi connectivity index (χ1n) is 9.25. The van der Waals surface area contributed by atoms with Crippen molar-refractivity contribution in [1.29, 1.82) is 0 Å². The Bertz CT molecular complexity index is 1140. The molecule has 1 heterocycles. The second-order valence-corrected chi connectivity index (χ2v) is 6.61. The van der Waals surface area contributed by atoms with Gasteiger partial charge in [-0.3, -0.25) is 14.4 Å². The number of allylic oxidation sites excluding steroid dienone is 1. The molecule has 5 heteroatoms. The maximum absolute atomic E-state index is 12.9. The Morgan fingerprint density at radius 2 is 1.64 bits per heavy atom. The molecule has 4 rings (SSSR count). The summed E-state index contributed by atoms with van der Waals surface area (Å²) in [6.45, 7) is 2.02. The fourth-order valence-electron chi connectivity index (χ4n) is 3.72. The van der Waals surface area contributed by atoms with E-state index in [1.165, 1.54) is 0 Å². The average Bonchev–Trinajstić information content (AvgIpc) is 3.13. The van der Waals surface area contributed by atoms with Crippen molar-refractivity contribution in [3.05, 3.63) is 77.0 Å². The molecule has 0 bridgehead atoms. The molecule has 0 saturated heterocycles. The first kappa shape index (κ1) is 17.9. The summed E-state index contributed by atoms with van der Waals surface area (Å²) in [5.74, 6) is -1.46. The molecule has 0 fully saturated rings. The van der Waals surface area contributed by atoms with E-state index < -0.39 is 11.6 Å². The molecular formula is C23H19NO4. The van der Waals surface area contributed by atoms with Crippen molar-refractivity contribution in [1.82, 2.24) is 4.98 Å². The van der Waals surface area contributed by atoms with Gasteiger partial charge >= 0.3 is 5.97 Å². The fraction of sp³-hybridized carbons (Fsp3) is 0.174. The van der Waals surface area contributed by atoms with Crippen molar-refractivity contribution in [2.75, 3.05) is 6.61 Å². The van der Waals surface area contributed by atoms with Crippen LogP contribution in [0.4, 0.5) is 0 Å². The predicted octanol–water partition coefficient (Wildman–Crippen LogP) is 4.08. The number of carbonyl (C=O) groups excluding carboxylic acids is 3. The van der Waals surface area contributed by atoms with E-state index in [1.807, 2.05) is 42.6 Å². The van der Waals surface area contributed by atoms with E-state index >= 15 is 0 Å². The fourth-order valence-corrected chi connectivity index (χ4v) is 3.72. The van der Waals surface area contributed by atoms with Gasteiger partial charge in [-0.05, 0) is 30.5 Å². The number of ether oxygens (including phenoxy) is 1. The topological polar surface area (TPSA) is 76.2 Å². The maximum Gasteiger partial charge on any atom is 0.306 e. The number of nitrogens with one attached hydrogen (secondary N) is 1. The van der Waals surface area contributed by atoms with Crippen LogP contribution in [-0.4, -0.2) is 29.1 Å². The number of para-hydroxylation sites is 1. The molecule has 0 atom stereocenters. The van der Waals surface area contributed by atoms with E-state index in [0.717, 1.165) is 22.0 Å². The third kappa shape index (κ3) is 2.95. The molecule has 1 aliphatic carbocycles. The van der Waals surface area contributed by atoms with Crippen LogP contribution in [0.5, 0.6) is 0 Å². The second-order valence-electron chi connectivity index (χ2n) is 6.61. The van der Waals surface area contributed by atoms with Crippen LogP contribution in [0.3, 0.4) is 0 Å². The highest BCUT2D eigenvalue weighted by atomic mass is 16.5. The summed E-state index contributed by atoms with van der Waals surface area (Å²) in [7, 11) is 0. The highest BCUT2D eigenvalue weighted by molar-refractivity contribution is 6.53. The highest BCUT2D eigenvalue weighted by Gasteiger charge is 2.33. The minimum Gasteiger partial charge on any atom is -0.466 e. The van der Waals surface area contributed by atoms with Gasteiger partial charge in [0.25, 0.3) is 0 Å². The van der Waals surface area contributed by atoms with Crippen LogP contribution in [0.2, 0.25) is 0 Å². The van der Waals surface area contributed by atoms with Crippen LogP contribution < -0.4 is 0 Å². The van der Waals surface area contributed by atoms with Crippen LogP contribution in [0, 0.1) is 0 Å². The Labute approximate surface area is 162 Å². The van der Waals surface area contributed by atoms with Crippen molar-refractivity contribution in [2.45, 2.75) is 19.8 Å². The zero-order valence-corrected chi connectivity index (χ0v) is 15.5. The van der Waals surface area contributed by atoms with E-state index in [0.29, 0.717) is 16.7 Å². The summed E-state index contributed by atoms with van der Waals surface area (Å²) in [6.07, 6.45) is 2.06. The molecule has 0 aliphatic heterocycles. The lowest BCUT2D eigenvalue weighted by Gasteiger charge is -2.21. The Morgan fingerprint density at radius 3 is 2.43 bits per heavy atom. The molecule has 3 aromatic rings. The molecule has 0 amide bonds. The van der Waals surface area contributed by atoms with Crippen molar-refractivity contribution >= 4 is 34.0 Å². The van der Waals surface area contributed by atoms with Crippen molar-refractivity contribution in [3.63, 3.8) is 0 Å². The number of hydrogen-bond donors (Lipinski definition) is 1. The summed E-state index contributed by atoms with van der Waals surface area (Å²) in [5, 5.41) is 0.961. The Hall–Kier alpha value is -3.47. The van der Waals surface area contributed by atoms with E-state index in [4.69, 9.17) is 4.74 Å². The lowest BCUT2D eigenvalue weighted by Crippen LogP contribution is -2.25. The van der Waals surface area contributed by atoms with E-state index in [-0.39, 0.29) is 25.4 Å². The molecule has 2 aromatic carbocycles. The van der Waals surface area contributed by atoms with Crippen LogP contribution in [0.15, 0.2) is 60.3 Å². The van der Waals surface area contributed by atoms with E-state index in [1.54, 1.807) is 19.1 Å². The van der Waals surface area contributed by atoms with Crippen LogP contribution >= 0.6 is 0 Å². The molecule has 140 valence electrons. The molecule has 1 N–H and O–H groups in total. The second kappa shape index (κ2) is 7.27. The molecule has 0 unspecified atom stereocenters. The molecule has 5 nitrogen and oxygen atoms in total. The zero-order chi connectivity index (χ0) is 19.7. The number of hydrogen-bond acceptors (Lipinski definition) is 4. The maximum atomic E-state index is 12.9. The minimum absolute atomic E-state index is 0.0518. The number of aromatic nitrogens is 1. The molecular weight excluding hydrogens is 354 g/mol. The first-order valence-corrected chi connectivity index (χ1v) is 9.25. The zero-order valence-electron chi connectivity index (χ0n) is 15.5. The summed E-state index contributed by atoms with van der Waals surface area (Å²) in [4.78, 5) is 40.7. The van der Waals surface area contributed by atoms with Crippen molar-refractivity contribution in [2.24, 2.45) is 0 Å². The Kier molecular flexibility index (Phi) is 4.65. The smallest absolute Gasteiger partial charge is 0.306 e. The third-order valence-corrected chi connectivity index (χ3v) is 4.97. The monoisotopic (exact) mass is 373 g/mol. The standard InChI is InChI=1S/C23H19NO4/c1-2-28-20(25)12-11-17-21(18-13-24-19-10-6-5-7-14(18)19)15-8-3-4-9-16(15)22(26)23(17)27/h3-10,13,24H,2,11-12H2,1H3. The number of H-pyrrole nitrogens is 1. The number of aromatic amines is 1.